The van der Waals surface area contributed by atoms with Crippen LogP contribution in [0.4, 0.5) is 0 Å². The highest BCUT2D eigenvalue weighted by Crippen LogP contribution is 2.25. The number of nitrogens with zero attached hydrogens (tertiary/aromatic N) is 1. The van der Waals surface area contributed by atoms with Gasteiger partial charge in [0.25, 0.3) is 0 Å². The average molecular weight is 239 g/mol. The second-order valence-electron chi connectivity index (χ2n) is 3.21. The summed E-state index contributed by atoms with van der Waals surface area (Å²) in [5, 5.41) is 20.0. The summed E-state index contributed by atoms with van der Waals surface area (Å²) in [6.45, 7) is 0. The number of methoxy groups -OCH3 is 2. The number of benzene rings is 1. The van der Waals surface area contributed by atoms with E-state index >= 15 is 0 Å². The van der Waals surface area contributed by atoms with Gasteiger partial charge in [-0.2, -0.15) is 0 Å². The molecule has 1 rings (SSSR count). The minimum absolute atomic E-state index is 0.0288. The average Bonchev–Trinajstić information content (AvgIpc) is 2.35. The molecule has 0 saturated heterocycles. The van der Waals surface area contributed by atoms with Gasteiger partial charge in [-0.1, -0.05) is 11.2 Å². The van der Waals surface area contributed by atoms with Crippen LogP contribution in [0.5, 0.6) is 11.5 Å². The normalized spacial score (nSPS) is 11.1. The van der Waals surface area contributed by atoms with Crippen LogP contribution in [0.2, 0.25) is 0 Å². The molecule has 0 atom stereocenters. The first-order valence-corrected chi connectivity index (χ1v) is 4.77. The van der Waals surface area contributed by atoms with Crippen LogP contribution in [0, 0.1) is 0 Å². The predicted octanol–water partition coefficient (Wildman–Crippen LogP) is 1.16. The largest absolute Gasteiger partial charge is 0.497 e. The quantitative estimate of drug-likeness (QED) is 0.457. The molecule has 2 N–H and O–H groups in total. The molecule has 0 fully saturated rings. The van der Waals surface area contributed by atoms with E-state index in [2.05, 4.69) is 5.16 Å². The lowest BCUT2D eigenvalue weighted by Crippen LogP contribution is -2.16. The fourth-order valence-electron chi connectivity index (χ4n) is 1.33. The number of carboxylic acid groups (broad SMARTS) is 1. The van der Waals surface area contributed by atoms with Crippen LogP contribution >= 0.6 is 0 Å². The van der Waals surface area contributed by atoms with Crippen LogP contribution in [-0.4, -0.2) is 36.2 Å². The molecule has 0 amide bonds. The molecule has 0 spiro atoms. The molecule has 0 radical (unpaired) electrons. The van der Waals surface area contributed by atoms with Crippen molar-refractivity contribution in [2.45, 2.75) is 6.42 Å². The maximum Gasteiger partial charge on any atom is 0.354 e. The van der Waals surface area contributed by atoms with Crippen molar-refractivity contribution in [1.82, 2.24) is 0 Å². The van der Waals surface area contributed by atoms with Crippen molar-refractivity contribution in [3.63, 3.8) is 0 Å². The second kappa shape index (κ2) is 5.74. The third-order valence-electron chi connectivity index (χ3n) is 2.22. The van der Waals surface area contributed by atoms with E-state index in [0.717, 1.165) is 0 Å². The zero-order valence-corrected chi connectivity index (χ0v) is 9.51. The first kappa shape index (κ1) is 12.8. The highest BCUT2D eigenvalue weighted by Gasteiger charge is 2.14. The molecule has 17 heavy (non-hydrogen) atoms. The van der Waals surface area contributed by atoms with Crippen LogP contribution in [0.25, 0.3) is 0 Å². The third-order valence-corrected chi connectivity index (χ3v) is 2.22. The Bertz CT molecular complexity index is 441. The number of aliphatic carboxylic acids is 1. The molecule has 0 aliphatic heterocycles. The van der Waals surface area contributed by atoms with Crippen molar-refractivity contribution >= 4 is 11.7 Å². The summed E-state index contributed by atoms with van der Waals surface area (Å²) >= 11 is 0. The van der Waals surface area contributed by atoms with Gasteiger partial charge in [0.15, 0.2) is 5.71 Å². The molecule has 0 unspecified atom stereocenters. The molecule has 0 saturated carbocycles. The molecule has 6 heteroatoms. The monoisotopic (exact) mass is 239 g/mol. The Morgan fingerprint density at radius 3 is 2.53 bits per heavy atom. The second-order valence-corrected chi connectivity index (χ2v) is 3.21. The molecule has 0 aliphatic rings. The van der Waals surface area contributed by atoms with Crippen LogP contribution < -0.4 is 9.47 Å². The summed E-state index contributed by atoms with van der Waals surface area (Å²) in [6, 6.07) is 4.96. The summed E-state index contributed by atoms with van der Waals surface area (Å²) in [7, 11) is 2.99. The first-order valence-electron chi connectivity index (χ1n) is 4.77. The molecule has 0 aliphatic carbocycles. The molecule has 0 aromatic heterocycles. The molecule has 92 valence electrons. The molecule has 6 nitrogen and oxygen atoms in total. The van der Waals surface area contributed by atoms with Crippen molar-refractivity contribution < 1.29 is 24.6 Å². The first-order chi connectivity index (χ1) is 8.12. The van der Waals surface area contributed by atoms with E-state index in [1.807, 2.05) is 0 Å². The van der Waals surface area contributed by atoms with Gasteiger partial charge in [0, 0.05) is 18.1 Å². The molecular formula is C11H13NO5. The lowest BCUT2D eigenvalue weighted by molar-refractivity contribution is -0.129. The maximum atomic E-state index is 10.7. The van der Waals surface area contributed by atoms with E-state index < -0.39 is 5.97 Å². The van der Waals surface area contributed by atoms with Crippen molar-refractivity contribution in [3.05, 3.63) is 23.8 Å². The van der Waals surface area contributed by atoms with Gasteiger partial charge in [0.1, 0.15) is 11.5 Å². The topological polar surface area (TPSA) is 88.4 Å². The number of ether oxygens (including phenoxy) is 2. The molecular weight excluding hydrogens is 226 g/mol. The van der Waals surface area contributed by atoms with Crippen LogP contribution in [-0.2, 0) is 11.2 Å². The Balaban J connectivity index is 3.02. The number of carboxylic acids is 1. The minimum atomic E-state index is -1.27. The SMILES string of the molecule is COc1ccc(C/C(=N/O)C(=O)O)c(OC)c1. The Kier molecular flexibility index (Phi) is 4.33. The van der Waals surface area contributed by atoms with Crippen LogP contribution in [0.1, 0.15) is 5.56 Å². The Morgan fingerprint density at radius 1 is 1.35 bits per heavy atom. The standard InChI is InChI=1S/C11H13NO5/c1-16-8-4-3-7(10(6-8)17-2)5-9(12-15)11(13)14/h3-4,6,15H,5H2,1-2H3,(H,13,14)/b12-9-. The van der Waals surface area contributed by atoms with E-state index in [1.54, 1.807) is 18.2 Å². The zero-order chi connectivity index (χ0) is 12.8. The van der Waals surface area contributed by atoms with Crippen LogP contribution in [0.15, 0.2) is 23.4 Å². The van der Waals surface area contributed by atoms with Crippen molar-refractivity contribution in [2.24, 2.45) is 5.16 Å². The lowest BCUT2D eigenvalue weighted by atomic mass is 10.1. The number of rotatable bonds is 5. The molecule has 0 bridgehead atoms. The molecule has 0 heterocycles. The van der Waals surface area contributed by atoms with Crippen molar-refractivity contribution in [3.8, 4) is 11.5 Å². The van der Waals surface area contributed by atoms with Crippen molar-refractivity contribution in [2.75, 3.05) is 14.2 Å². The molecule has 1 aromatic carbocycles. The fraction of sp³-hybridized carbons (Fsp3) is 0.273. The Morgan fingerprint density at radius 2 is 2.06 bits per heavy atom. The third kappa shape index (κ3) is 3.10. The van der Waals surface area contributed by atoms with Gasteiger partial charge < -0.3 is 19.8 Å². The van der Waals surface area contributed by atoms with E-state index in [1.165, 1.54) is 14.2 Å². The summed E-state index contributed by atoms with van der Waals surface area (Å²) in [5.41, 5.74) is 0.247. The van der Waals surface area contributed by atoms with Gasteiger partial charge in [0.05, 0.1) is 14.2 Å². The fourth-order valence-corrected chi connectivity index (χ4v) is 1.33. The Labute approximate surface area is 98.1 Å². The number of oxime groups is 1. The van der Waals surface area contributed by atoms with Crippen molar-refractivity contribution in [1.29, 1.82) is 0 Å². The maximum absolute atomic E-state index is 10.7. The minimum Gasteiger partial charge on any atom is -0.497 e. The summed E-state index contributed by atoms with van der Waals surface area (Å²) in [5.74, 6) is -0.194. The summed E-state index contributed by atoms with van der Waals surface area (Å²) in [4.78, 5) is 10.7. The Hall–Kier alpha value is -2.24. The predicted molar refractivity (Wildman–Crippen MR) is 60.1 cm³/mol. The smallest absolute Gasteiger partial charge is 0.354 e. The van der Waals surface area contributed by atoms with E-state index in [9.17, 15) is 4.79 Å². The summed E-state index contributed by atoms with van der Waals surface area (Å²) < 4.78 is 10.1. The number of hydrogen-bond donors (Lipinski definition) is 2. The van der Waals surface area contributed by atoms with Crippen LogP contribution in [0.3, 0.4) is 0 Å². The van der Waals surface area contributed by atoms with Gasteiger partial charge in [0.2, 0.25) is 0 Å². The number of hydrogen-bond acceptors (Lipinski definition) is 5. The van der Waals surface area contributed by atoms with Gasteiger partial charge in [-0.05, 0) is 6.07 Å². The van der Waals surface area contributed by atoms with Gasteiger partial charge in [-0.15, -0.1) is 0 Å². The molecule has 1 aromatic rings. The van der Waals surface area contributed by atoms with Gasteiger partial charge >= 0.3 is 5.97 Å². The van der Waals surface area contributed by atoms with Gasteiger partial charge in [-0.3, -0.25) is 0 Å². The lowest BCUT2D eigenvalue weighted by Gasteiger charge is -2.09. The highest BCUT2D eigenvalue weighted by atomic mass is 16.5. The highest BCUT2D eigenvalue weighted by molar-refractivity contribution is 6.35. The van der Waals surface area contributed by atoms with E-state index in [4.69, 9.17) is 19.8 Å². The van der Waals surface area contributed by atoms with E-state index in [-0.39, 0.29) is 12.1 Å². The van der Waals surface area contributed by atoms with Gasteiger partial charge in [-0.25, -0.2) is 4.79 Å². The summed E-state index contributed by atoms with van der Waals surface area (Å²) in [6.07, 6.45) is -0.0288. The zero-order valence-electron chi connectivity index (χ0n) is 9.51. The van der Waals surface area contributed by atoms with E-state index in [0.29, 0.717) is 17.1 Å². The number of carbonyl (C=O) groups is 1.